The number of aromatic nitrogens is 2. The van der Waals surface area contributed by atoms with Gasteiger partial charge in [0.15, 0.2) is 0 Å². The molecule has 0 saturated heterocycles. The number of likely N-dealkylation sites (N-methyl/N-ethyl adjacent to an activating group) is 1. The lowest BCUT2D eigenvalue weighted by Gasteiger charge is -2.22. The highest BCUT2D eigenvalue weighted by Crippen LogP contribution is 2.32. The van der Waals surface area contributed by atoms with Crippen LogP contribution < -0.4 is 10.2 Å². The molecule has 1 aliphatic heterocycles. The van der Waals surface area contributed by atoms with Crippen molar-refractivity contribution in [3.05, 3.63) is 58.0 Å². The second-order valence-corrected chi connectivity index (χ2v) is 8.89. The Morgan fingerprint density at radius 1 is 1.19 bits per heavy atom. The molecule has 2 aromatic heterocycles. The third-order valence-corrected chi connectivity index (χ3v) is 5.97. The van der Waals surface area contributed by atoms with Gasteiger partial charge in [-0.2, -0.15) is 0 Å². The van der Waals surface area contributed by atoms with Crippen molar-refractivity contribution in [3.63, 3.8) is 0 Å². The van der Waals surface area contributed by atoms with Gasteiger partial charge in [0.1, 0.15) is 5.82 Å². The number of amides is 2. The summed E-state index contributed by atoms with van der Waals surface area (Å²) >= 11 is 1.63. The number of rotatable bonds is 6. The molecule has 0 saturated carbocycles. The number of carbonyl (C=O) groups excluding carboxylic acids is 2. The average Bonchev–Trinajstić information content (AvgIpc) is 3.33. The first-order valence-corrected chi connectivity index (χ1v) is 11.0. The number of thiazole rings is 1. The second-order valence-electron chi connectivity index (χ2n) is 7.83. The molecule has 0 radical (unpaired) electrons. The number of carbonyl (C=O) groups is 2. The number of nitrogens with zero attached hydrogens (tertiary/aromatic N) is 4. The van der Waals surface area contributed by atoms with E-state index in [1.54, 1.807) is 29.5 Å². The van der Waals surface area contributed by atoms with Crippen molar-refractivity contribution in [2.75, 3.05) is 36.9 Å². The molecule has 0 spiro atoms. The fraction of sp³-hybridized carbons (Fsp3) is 0.304. The molecule has 8 heteroatoms. The Labute approximate surface area is 185 Å². The van der Waals surface area contributed by atoms with Crippen LogP contribution in [0.1, 0.15) is 16.1 Å². The summed E-state index contributed by atoms with van der Waals surface area (Å²) in [5.41, 5.74) is 5.18. The summed E-state index contributed by atoms with van der Waals surface area (Å²) in [5, 5.41) is 5.87. The molecule has 1 aliphatic rings. The Kier molecular flexibility index (Phi) is 6.11. The number of anilines is 2. The molecule has 0 bridgehead atoms. The molecule has 0 unspecified atom stereocenters. The summed E-state index contributed by atoms with van der Waals surface area (Å²) in [5.74, 6) is 0.308. The zero-order valence-corrected chi connectivity index (χ0v) is 18.7. The lowest BCUT2D eigenvalue weighted by atomic mass is 10.1. The van der Waals surface area contributed by atoms with E-state index >= 15 is 0 Å². The topological polar surface area (TPSA) is 78.4 Å². The highest BCUT2D eigenvalue weighted by Gasteiger charge is 2.26. The van der Waals surface area contributed by atoms with Gasteiger partial charge in [0.25, 0.3) is 0 Å². The first-order chi connectivity index (χ1) is 14.9. The van der Waals surface area contributed by atoms with Gasteiger partial charge in [0.05, 0.1) is 23.8 Å². The van der Waals surface area contributed by atoms with Gasteiger partial charge in [-0.25, -0.2) is 9.97 Å². The minimum atomic E-state index is -0.196. The van der Waals surface area contributed by atoms with E-state index in [1.165, 1.54) is 0 Å². The molecule has 0 atom stereocenters. The lowest BCUT2D eigenvalue weighted by molar-refractivity contribution is -0.120. The average molecular weight is 436 g/mol. The smallest absolute Gasteiger partial charge is 0.241 e. The minimum Gasteiger partial charge on any atom is -0.311 e. The summed E-state index contributed by atoms with van der Waals surface area (Å²) in [7, 11) is 1.77. The van der Waals surface area contributed by atoms with Gasteiger partial charge in [0, 0.05) is 29.4 Å². The van der Waals surface area contributed by atoms with Crippen molar-refractivity contribution >= 4 is 34.7 Å². The molecule has 160 valence electrons. The maximum atomic E-state index is 12.9. The van der Waals surface area contributed by atoms with Crippen molar-refractivity contribution in [2.24, 2.45) is 0 Å². The number of benzene rings is 1. The van der Waals surface area contributed by atoms with Crippen molar-refractivity contribution in [1.29, 1.82) is 0 Å². The predicted molar refractivity (Wildman–Crippen MR) is 123 cm³/mol. The van der Waals surface area contributed by atoms with Crippen molar-refractivity contribution in [1.82, 2.24) is 14.9 Å². The van der Waals surface area contributed by atoms with Gasteiger partial charge >= 0.3 is 0 Å². The molecule has 1 aromatic carbocycles. The van der Waals surface area contributed by atoms with E-state index in [-0.39, 0.29) is 24.9 Å². The van der Waals surface area contributed by atoms with E-state index < -0.39 is 0 Å². The molecule has 7 nitrogen and oxygen atoms in total. The van der Waals surface area contributed by atoms with E-state index in [1.807, 2.05) is 43.0 Å². The highest BCUT2D eigenvalue weighted by atomic mass is 32.1. The molecular formula is C23H25N5O2S. The van der Waals surface area contributed by atoms with Crippen molar-refractivity contribution < 1.29 is 9.59 Å². The van der Waals surface area contributed by atoms with Gasteiger partial charge in [-0.05, 0) is 62.7 Å². The number of aryl methyl sites for hydroxylation is 2. The number of hydrogen-bond acceptors (Lipinski definition) is 6. The standard InChI is InChI=1S/C23H25N5O2S/c1-15-6-8-24-21(10-15)26-22(29)12-27(3)13-23(30)28-9-7-18-11-17(4-5-20(18)28)19-14-31-16(2)25-19/h4-6,8,10-11,14H,7,9,12-13H2,1-3H3,(H,24,26,29). The van der Waals surface area contributed by atoms with Crippen LogP contribution in [0.3, 0.4) is 0 Å². The molecule has 3 aromatic rings. The second kappa shape index (κ2) is 8.95. The lowest BCUT2D eigenvalue weighted by Crippen LogP contribution is -2.40. The first-order valence-electron chi connectivity index (χ1n) is 10.2. The number of pyridine rings is 1. The van der Waals surface area contributed by atoms with Gasteiger partial charge < -0.3 is 10.2 Å². The Balaban J connectivity index is 1.35. The van der Waals surface area contributed by atoms with E-state index in [0.717, 1.165) is 39.5 Å². The normalized spacial score (nSPS) is 12.8. The zero-order chi connectivity index (χ0) is 22.0. The maximum absolute atomic E-state index is 12.9. The van der Waals surface area contributed by atoms with Crippen LogP contribution in [0.4, 0.5) is 11.5 Å². The fourth-order valence-corrected chi connectivity index (χ4v) is 4.34. The Hall–Kier alpha value is -3.10. The summed E-state index contributed by atoms with van der Waals surface area (Å²) in [6.45, 7) is 4.87. The van der Waals surface area contributed by atoms with E-state index in [9.17, 15) is 9.59 Å². The van der Waals surface area contributed by atoms with Gasteiger partial charge in [0.2, 0.25) is 11.8 Å². The van der Waals surface area contributed by atoms with Crippen LogP contribution in [0.5, 0.6) is 0 Å². The van der Waals surface area contributed by atoms with Crippen LogP contribution in [0.15, 0.2) is 41.9 Å². The van der Waals surface area contributed by atoms with E-state index in [4.69, 9.17) is 0 Å². The largest absolute Gasteiger partial charge is 0.311 e. The molecule has 2 amide bonds. The highest BCUT2D eigenvalue weighted by molar-refractivity contribution is 7.09. The van der Waals surface area contributed by atoms with Crippen LogP contribution in [-0.4, -0.2) is 53.4 Å². The van der Waals surface area contributed by atoms with Crippen molar-refractivity contribution in [3.8, 4) is 11.3 Å². The monoisotopic (exact) mass is 435 g/mol. The SMILES string of the molecule is Cc1ccnc(NC(=O)CN(C)CC(=O)N2CCc3cc(-c4csc(C)n4)ccc32)c1. The molecule has 3 heterocycles. The molecule has 0 fully saturated rings. The summed E-state index contributed by atoms with van der Waals surface area (Å²) in [6, 6.07) is 9.83. The number of hydrogen-bond donors (Lipinski definition) is 1. The van der Waals surface area contributed by atoms with Crippen LogP contribution in [0.25, 0.3) is 11.3 Å². The van der Waals surface area contributed by atoms with E-state index in [0.29, 0.717) is 12.4 Å². The molecule has 0 aliphatic carbocycles. The molecule has 1 N–H and O–H groups in total. The Bertz CT molecular complexity index is 1130. The van der Waals surface area contributed by atoms with Crippen LogP contribution in [-0.2, 0) is 16.0 Å². The van der Waals surface area contributed by atoms with Gasteiger partial charge in [-0.1, -0.05) is 6.07 Å². The van der Waals surface area contributed by atoms with Crippen LogP contribution >= 0.6 is 11.3 Å². The Morgan fingerprint density at radius 2 is 2.03 bits per heavy atom. The molecule has 4 rings (SSSR count). The third-order valence-electron chi connectivity index (χ3n) is 5.19. The van der Waals surface area contributed by atoms with E-state index in [2.05, 4.69) is 26.7 Å². The summed E-state index contributed by atoms with van der Waals surface area (Å²) in [6.07, 6.45) is 2.48. The number of fused-ring (bicyclic) bond motifs is 1. The Morgan fingerprint density at radius 3 is 2.77 bits per heavy atom. The van der Waals surface area contributed by atoms with Crippen molar-refractivity contribution in [2.45, 2.75) is 20.3 Å². The quantitative estimate of drug-likeness (QED) is 0.643. The molecule has 31 heavy (non-hydrogen) atoms. The van der Waals surface area contributed by atoms with Crippen LogP contribution in [0, 0.1) is 13.8 Å². The third kappa shape index (κ3) is 4.98. The maximum Gasteiger partial charge on any atom is 0.241 e. The van der Waals surface area contributed by atoms with Gasteiger partial charge in [-0.15, -0.1) is 11.3 Å². The summed E-state index contributed by atoms with van der Waals surface area (Å²) in [4.78, 5) is 37.4. The first kappa shape index (κ1) is 21.1. The van der Waals surface area contributed by atoms with Crippen LogP contribution in [0.2, 0.25) is 0 Å². The predicted octanol–water partition coefficient (Wildman–Crippen LogP) is 3.28. The fourth-order valence-electron chi connectivity index (χ4n) is 3.72. The number of nitrogens with one attached hydrogen (secondary N) is 1. The summed E-state index contributed by atoms with van der Waals surface area (Å²) < 4.78 is 0. The minimum absolute atomic E-state index is 0.0139. The molecular weight excluding hydrogens is 410 g/mol. The van der Waals surface area contributed by atoms with Gasteiger partial charge in [-0.3, -0.25) is 14.5 Å². The zero-order valence-electron chi connectivity index (χ0n) is 17.9.